The van der Waals surface area contributed by atoms with Crippen LogP contribution in [0.1, 0.15) is 31.2 Å². The van der Waals surface area contributed by atoms with Crippen LogP contribution < -0.4 is 27.4 Å². The third-order valence-electron chi connectivity index (χ3n) is 5.02. The number of carboxylic acid groups (broad SMARTS) is 2. The minimum atomic E-state index is -1.37. The van der Waals surface area contributed by atoms with Gasteiger partial charge in [0.05, 0.1) is 12.5 Å². The molecule has 0 saturated carbocycles. The summed E-state index contributed by atoms with van der Waals surface area (Å²) in [5.74, 6) is -4.98. The topological polar surface area (TPSA) is 214 Å². The first-order valence-electron chi connectivity index (χ1n) is 11.0. The highest BCUT2D eigenvalue weighted by Crippen LogP contribution is 2.07. The number of nitrogens with two attached hydrogens (primary N) is 2. The number of carbonyl (C=O) groups excluding carboxylic acids is 3. The second-order valence-corrected chi connectivity index (χ2v) is 8.25. The molecule has 0 aliphatic heterocycles. The van der Waals surface area contributed by atoms with Crippen molar-refractivity contribution < 1.29 is 34.2 Å². The molecular formula is C22H33N5O7S. The first kappa shape index (κ1) is 29.9. The zero-order chi connectivity index (χ0) is 26.4. The van der Waals surface area contributed by atoms with Crippen molar-refractivity contribution in [3.63, 3.8) is 0 Å². The van der Waals surface area contributed by atoms with E-state index in [1.165, 1.54) is 0 Å². The van der Waals surface area contributed by atoms with E-state index >= 15 is 0 Å². The maximum atomic E-state index is 13.1. The van der Waals surface area contributed by atoms with E-state index < -0.39 is 60.2 Å². The monoisotopic (exact) mass is 511 g/mol. The second-order valence-electron chi connectivity index (χ2n) is 7.88. The molecule has 0 spiro atoms. The van der Waals surface area contributed by atoms with Gasteiger partial charge in [0.25, 0.3) is 0 Å². The Morgan fingerprint density at radius 2 is 1.43 bits per heavy atom. The Balaban J connectivity index is 3.07. The SMILES string of the molecule is NCCCCC(NC(=O)C(N)CC(=O)O)C(=O)NC(Cc1ccccc1)C(=O)NC(CS)C(=O)O. The lowest BCUT2D eigenvalue weighted by molar-refractivity contribution is -0.141. The number of thiol groups is 1. The molecule has 4 atom stereocenters. The van der Waals surface area contributed by atoms with Gasteiger partial charge < -0.3 is 37.6 Å². The number of hydrogen-bond donors (Lipinski definition) is 8. The van der Waals surface area contributed by atoms with Crippen LogP contribution in [0, 0.1) is 0 Å². The Labute approximate surface area is 208 Å². The molecule has 0 bridgehead atoms. The van der Waals surface area contributed by atoms with Gasteiger partial charge in [-0.05, 0) is 31.4 Å². The highest BCUT2D eigenvalue weighted by molar-refractivity contribution is 7.80. The van der Waals surface area contributed by atoms with Gasteiger partial charge >= 0.3 is 11.9 Å². The molecule has 35 heavy (non-hydrogen) atoms. The smallest absolute Gasteiger partial charge is 0.327 e. The summed E-state index contributed by atoms with van der Waals surface area (Å²) in [6.07, 6.45) is 0.639. The van der Waals surface area contributed by atoms with Gasteiger partial charge in [0.2, 0.25) is 17.7 Å². The van der Waals surface area contributed by atoms with Crippen LogP contribution in [0.2, 0.25) is 0 Å². The normalized spacial score (nSPS) is 14.1. The van der Waals surface area contributed by atoms with Crippen molar-refractivity contribution in [1.82, 2.24) is 16.0 Å². The number of unbranched alkanes of at least 4 members (excludes halogenated alkanes) is 1. The van der Waals surface area contributed by atoms with Gasteiger partial charge in [0.15, 0.2) is 0 Å². The summed E-state index contributed by atoms with van der Waals surface area (Å²) in [5, 5.41) is 25.5. The van der Waals surface area contributed by atoms with Crippen molar-refractivity contribution in [3.05, 3.63) is 35.9 Å². The maximum absolute atomic E-state index is 13.1. The van der Waals surface area contributed by atoms with Crippen molar-refractivity contribution in [2.75, 3.05) is 12.3 Å². The van der Waals surface area contributed by atoms with Crippen molar-refractivity contribution in [2.45, 2.75) is 56.3 Å². The van der Waals surface area contributed by atoms with Gasteiger partial charge in [-0.2, -0.15) is 12.6 Å². The van der Waals surface area contributed by atoms with Crippen LogP contribution in [0.4, 0.5) is 0 Å². The fourth-order valence-corrected chi connectivity index (χ4v) is 3.36. The molecule has 0 radical (unpaired) electrons. The molecule has 12 nitrogen and oxygen atoms in total. The molecule has 13 heteroatoms. The lowest BCUT2D eigenvalue weighted by atomic mass is 10.0. The summed E-state index contributed by atoms with van der Waals surface area (Å²) in [4.78, 5) is 60.5. The second kappa shape index (κ2) is 15.7. The molecule has 194 valence electrons. The molecule has 1 aromatic rings. The fourth-order valence-electron chi connectivity index (χ4n) is 3.11. The summed E-state index contributed by atoms with van der Waals surface area (Å²) < 4.78 is 0. The molecule has 0 aromatic heterocycles. The van der Waals surface area contributed by atoms with Crippen LogP contribution in [0.3, 0.4) is 0 Å². The Bertz CT molecular complexity index is 871. The van der Waals surface area contributed by atoms with E-state index in [4.69, 9.17) is 16.6 Å². The van der Waals surface area contributed by atoms with E-state index in [9.17, 15) is 29.1 Å². The highest BCUT2D eigenvalue weighted by Gasteiger charge is 2.30. The van der Waals surface area contributed by atoms with Crippen molar-refractivity contribution in [1.29, 1.82) is 0 Å². The zero-order valence-electron chi connectivity index (χ0n) is 19.2. The van der Waals surface area contributed by atoms with Crippen LogP contribution in [0.25, 0.3) is 0 Å². The molecule has 0 aliphatic rings. The number of carboxylic acids is 2. The standard InChI is InChI=1S/C22H33N5O7S/c23-9-5-4-8-15(25-19(30)14(24)11-18(28)29)20(31)26-16(10-13-6-2-1-3-7-13)21(32)27-17(12-35)22(33)34/h1-3,6-7,14-17,35H,4-5,8-12,23-24H2,(H,25,30)(H,26,31)(H,27,32)(H,28,29)(H,33,34). The van der Waals surface area contributed by atoms with Crippen LogP contribution in [0.15, 0.2) is 30.3 Å². The molecule has 4 unspecified atom stereocenters. The van der Waals surface area contributed by atoms with E-state index in [2.05, 4.69) is 28.6 Å². The summed E-state index contributed by atoms with van der Waals surface area (Å²) >= 11 is 3.93. The Morgan fingerprint density at radius 1 is 0.857 bits per heavy atom. The van der Waals surface area contributed by atoms with E-state index in [1.807, 2.05) is 0 Å². The summed E-state index contributed by atoms with van der Waals surface area (Å²) in [6, 6.07) is 3.85. The van der Waals surface area contributed by atoms with E-state index in [1.54, 1.807) is 30.3 Å². The Hall–Kier alpha value is -3.16. The number of nitrogens with one attached hydrogen (secondary N) is 3. The van der Waals surface area contributed by atoms with Crippen LogP contribution >= 0.6 is 12.6 Å². The number of amides is 3. The van der Waals surface area contributed by atoms with Gasteiger partial charge in [0, 0.05) is 12.2 Å². The molecule has 1 aromatic carbocycles. The predicted octanol–water partition coefficient (Wildman–Crippen LogP) is -1.37. The van der Waals surface area contributed by atoms with E-state index in [0.717, 1.165) is 0 Å². The molecular weight excluding hydrogens is 478 g/mol. The number of hydrogen-bond acceptors (Lipinski definition) is 8. The minimum absolute atomic E-state index is 0.0549. The maximum Gasteiger partial charge on any atom is 0.327 e. The van der Waals surface area contributed by atoms with Crippen molar-refractivity contribution >= 4 is 42.3 Å². The highest BCUT2D eigenvalue weighted by atomic mass is 32.1. The van der Waals surface area contributed by atoms with Gasteiger partial charge in [-0.1, -0.05) is 30.3 Å². The van der Waals surface area contributed by atoms with Crippen LogP contribution in [-0.2, 0) is 30.4 Å². The Kier molecular flexibility index (Phi) is 13.4. The van der Waals surface area contributed by atoms with Gasteiger partial charge in [-0.15, -0.1) is 0 Å². The number of benzene rings is 1. The largest absolute Gasteiger partial charge is 0.481 e. The van der Waals surface area contributed by atoms with Gasteiger partial charge in [-0.3, -0.25) is 19.2 Å². The third-order valence-corrected chi connectivity index (χ3v) is 5.39. The quantitative estimate of drug-likeness (QED) is 0.0969. The fraction of sp³-hybridized carbons (Fsp3) is 0.500. The van der Waals surface area contributed by atoms with E-state index in [-0.39, 0.29) is 18.6 Å². The zero-order valence-corrected chi connectivity index (χ0v) is 20.1. The average Bonchev–Trinajstić information content (AvgIpc) is 2.81. The first-order chi connectivity index (χ1) is 16.6. The Morgan fingerprint density at radius 3 is 1.97 bits per heavy atom. The first-order valence-corrected chi connectivity index (χ1v) is 11.7. The van der Waals surface area contributed by atoms with Crippen LogP contribution in [0.5, 0.6) is 0 Å². The molecule has 0 aliphatic carbocycles. The van der Waals surface area contributed by atoms with E-state index in [0.29, 0.717) is 24.9 Å². The van der Waals surface area contributed by atoms with Gasteiger partial charge in [0.1, 0.15) is 18.1 Å². The summed E-state index contributed by atoms with van der Waals surface area (Å²) in [6.45, 7) is 0.361. The molecule has 0 heterocycles. The number of rotatable bonds is 16. The van der Waals surface area contributed by atoms with Gasteiger partial charge in [-0.25, -0.2) is 4.79 Å². The molecule has 3 amide bonds. The average molecular weight is 512 g/mol. The lowest BCUT2D eigenvalue weighted by Gasteiger charge is -2.25. The summed E-state index contributed by atoms with van der Waals surface area (Å²) in [7, 11) is 0. The molecule has 0 fully saturated rings. The minimum Gasteiger partial charge on any atom is -0.481 e. The predicted molar refractivity (Wildman–Crippen MR) is 131 cm³/mol. The van der Waals surface area contributed by atoms with Crippen LogP contribution in [-0.4, -0.2) is 76.3 Å². The number of carbonyl (C=O) groups is 5. The van der Waals surface area contributed by atoms with Crippen molar-refractivity contribution in [3.8, 4) is 0 Å². The lowest BCUT2D eigenvalue weighted by Crippen LogP contribution is -2.58. The van der Waals surface area contributed by atoms with Crippen molar-refractivity contribution in [2.24, 2.45) is 11.5 Å². The third kappa shape index (κ3) is 11.2. The number of aliphatic carboxylic acids is 2. The molecule has 9 N–H and O–H groups in total. The molecule has 0 saturated heterocycles. The summed E-state index contributed by atoms with van der Waals surface area (Å²) in [5.41, 5.74) is 11.8. The molecule has 1 rings (SSSR count).